The zero-order chi connectivity index (χ0) is 22.2. The van der Waals surface area contributed by atoms with Crippen molar-refractivity contribution in [3.8, 4) is 5.75 Å². The number of methoxy groups -OCH3 is 1. The Bertz CT molecular complexity index is 1190. The molecule has 32 heavy (non-hydrogen) atoms. The predicted octanol–water partition coefficient (Wildman–Crippen LogP) is 2.84. The molecule has 0 aliphatic carbocycles. The van der Waals surface area contributed by atoms with E-state index in [9.17, 15) is 9.59 Å². The molecule has 9 heteroatoms. The zero-order valence-electron chi connectivity index (χ0n) is 17.8. The summed E-state index contributed by atoms with van der Waals surface area (Å²) >= 11 is 6.78. The van der Waals surface area contributed by atoms with Gasteiger partial charge in [0.1, 0.15) is 11.3 Å². The summed E-state index contributed by atoms with van der Waals surface area (Å²) in [5.41, 5.74) is 2.64. The Morgan fingerprint density at radius 2 is 1.81 bits per heavy atom. The number of hydrogen-bond acceptors (Lipinski definition) is 6. The quantitative estimate of drug-likeness (QED) is 0.612. The molecule has 0 bridgehead atoms. The lowest BCUT2D eigenvalue weighted by molar-refractivity contribution is -0.134. The van der Waals surface area contributed by atoms with Crippen LogP contribution in [0.5, 0.6) is 5.75 Å². The van der Waals surface area contributed by atoms with Crippen molar-refractivity contribution in [1.82, 2.24) is 14.9 Å². The van der Waals surface area contributed by atoms with E-state index in [2.05, 4.69) is 26.3 Å². The number of ether oxygens (including phenoxy) is 1. The number of halogens is 1. The maximum Gasteiger partial charge on any atom is 0.234 e. The van der Waals surface area contributed by atoms with Crippen LogP contribution in [0.3, 0.4) is 0 Å². The standard InChI is InChI=1S/C23H24ClN5O3/c1-32-19-14-25-29-17(19)5-3-7-21(29)28-12-10-27(11-13-28)18-6-2-4-15(22(18)24)16-8-9-20(30)26-23(16)31/h2-7,14,16H,8-13H2,1H3,(H,26,30,31). The number of piperidine rings is 1. The number of carbonyl (C=O) groups excluding carboxylic acids is 2. The van der Waals surface area contributed by atoms with Crippen LogP contribution in [0.2, 0.25) is 5.02 Å². The summed E-state index contributed by atoms with van der Waals surface area (Å²) in [4.78, 5) is 28.4. The van der Waals surface area contributed by atoms with Gasteiger partial charge in [-0.15, -0.1) is 0 Å². The first kappa shape index (κ1) is 20.6. The molecule has 8 nitrogen and oxygen atoms in total. The summed E-state index contributed by atoms with van der Waals surface area (Å²) in [6.07, 6.45) is 2.55. The lowest BCUT2D eigenvalue weighted by Crippen LogP contribution is -2.47. The Balaban J connectivity index is 1.35. The van der Waals surface area contributed by atoms with E-state index in [1.165, 1.54) is 0 Å². The molecule has 2 aromatic heterocycles. The predicted molar refractivity (Wildman–Crippen MR) is 123 cm³/mol. The van der Waals surface area contributed by atoms with Crippen LogP contribution in [0, 0.1) is 0 Å². The molecular weight excluding hydrogens is 430 g/mol. The lowest BCUT2D eigenvalue weighted by atomic mass is 9.90. The minimum absolute atomic E-state index is 0.223. The number of carbonyl (C=O) groups is 2. The Labute approximate surface area is 190 Å². The van der Waals surface area contributed by atoms with Gasteiger partial charge in [0.25, 0.3) is 0 Å². The number of imide groups is 1. The molecule has 4 heterocycles. The molecule has 0 saturated carbocycles. The van der Waals surface area contributed by atoms with Gasteiger partial charge >= 0.3 is 0 Å². The SMILES string of the molecule is COc1cnn2c(N3CCN(c4cccc(C5CCC(=O)NC5=O)c4Cl)CC3)cccc12. The number of benzene rings is 1. The number of nitrogens with zero attached hydrogens (tertiary/aromatic N) is 4. The van der Waals surface area contributed by atoms with Crippen LogP contribution in [0.1, 0.15) is 24.3 Å². The number of rotatable bonds is 4. The Morgan fingerprint density at radius 3 is 2.56 bits per heavy atom. The van der Waals surface area contributed by atoms with E-state index in [4.69, 9.17) is 16.3 Å². The molecule has 5 rings (SSSR count). The molecule has 1 atom stereocenters. The monoisotopic (exact) mass is 453 g/mol. The number of hydrogen-bond donors (Lipinski definition) is 1. The molecule has 3 aromatic rings. The topological polar surface area (TPSA) is 79.2 Å². The van der Waals surface area contributed by atoms with Crippen LogP contribution in [-0.4, -0.2) is 54.7 Å². The van der Waals surface area contributed by atoms with Gasteiger partial charge in [-0.2, -0.15) is 5.10 Å². The summed E-state index contributed by atoms with van der Waals surface area (Å²) < 4.78 is 7.31. The van der Waals surface area contributed by atoms with Crippen molar-refractivity contribution in [2.75, 3.05) is 43.1 Å². The minimum Gasteiger partial charge on any atom is -0.493 e. The van der Waals surface area contributed by atoms with Crippen molar-refractivity contribution in [3.63, 3.8) is 0 Å². The number of piperazine rings is 1. The van der Waals surface area contributed by atoms with Gasteiger partial charge in [0, 0.05) is 32.6 Å². The van der Waals surface area contributed by atoms with Crippen molar-refractivity contribution < 1.29 is 14.3 Å². The minimum atomic E-state index is -0.395. The van der Waals surface area contributed by atoms with Gasteiger partial charge in [-0.05, 0) is 30.2 Å². The molecule has 2 saturated heterocycles. The van der Waals surface area contributed by atoms with Gasteiger partial charge in [0.15, 0.2) is 5.75 Å². The smallest absolute Gasteiger partial charge is 0.234 e. The van der Waals surface area contributed by atoms with E-state index in [0.29, 0.717) is 17.9 Å². The number of fused-ring (bicyclic) bond motifs is 1. The summed E-state index contributed by atoms with van der Waals surface area (Å²) in [7, 11) is 1.65. The highest BCUT2D eigenvalue weighted by atomic mass is 35.5. The maximum atomic E-state index is 12.3. The van der Waals surface area contributed by atoms with Crippen molar-refractivity contribution in [3.05, 3.63) is 53.2 Å². The number of aromatic nitrogens is 2. The molecule has 1 N–H and O–H groups in total. The third-order valence-corrected chi connectivity index (χ3v) is 6.69. The van der Waals surface area contributed by atoms with Crippen LogP contribution in [0.15, 0.2) is 42.6 Å². The van der Waals surface area contributed by atoms with Crippen LogP contribution in [0.25, 0.3) is 5.52 Å². The van der Waals surface area contributed by atoms with E-state index in [1.54, 1.807) is 13.3 Å². The summed E-state index contributed by atoms with van der Waals surface area (Å²) in [6, 6.07) is 11.9. The molecule has 1 aromatic carbocycles. The Kier molecular flexibility index (Phi) is 5.38. The third kappa shape index (κ3) is 3.54. The number of nitrogens with one attached hydrogen (secondary N) is 1. The first-order valence-electron chi connectivity index (χ1n) is 10.7. The van der Waals surface area contributed by atoms with Crippen molar-refractivity contribution in [2.45, 2.75) is 18.8 Å². The molecule has 0 spiro atoms. The van der Waals surface area contributed by atoms with Crippen LogP contribution < -0.4 is 19.9 Å². The van der Waals surface area contributed by atoms with Gasteiger partial charge in [0.2, 0.25) is 11.8 Å². The van der Waals surface area contributed by atoms with E-state index in [-0.39, 0.29) is 11.8 Å². The van der Waals surface area contributed by atoms with Gasteiger partial charge in [-0.1, -0.05) is 29.8 Å². The van der Waals surface area contributed by atoms with Gasteiger partial charge in [-0.25, -0.2) is 4.52 Å². The zero-order valence-corrected chi connectivity index (χ0v) is 18.5. The highest BCUT2D eigenvalue weighted by molar-refractivity contribution is 6.34. The van der Waals surface area contributed by atoms with Gasteiger partial charge in [-0.3, -0.25) is 14.9 Å². The molecule has 1 unspecified atom stereocenters. The van der Waals surface area contributed by atoms with Crippen molar-refractivity contribution >= 4 is 40.4 Å². The third-order valence-electron chi connectivity index (χ3n) is 6.27. The van der Waals surface area contributed by atoms with Crippen molar-refractivity contribution in [2.24, 2.45) is 0 Å². The summed E-state index contributed by atoms with van der Waals surface area (Å²) in [5.74, 6) is 0.887. The van der Waals surface area contributed by atoms with Crippen LogP contribution in [-0.2, 0) is 9.59 Å². The average Bonchev–Trinajstić information content (AvgIpc) is 3.23. The molecule has 2 amide bonds. The first-order valence-corrected chi connectivity index (χ1v) is 11.1. The van der Waals surface area contributed by atoms with Gasteiger partial charge in [0.05, 0.1) is 29.9 Å². The van der Waals surface area contributed by atoms with Crippen molar-refractivity contribution in [1.29, 1.82) is 0 Å². The van der Waals surface area contributed by atoms with E-state index in [0.717, 1.165) is 54.5 Å². The summed E-state index contributed by atoms with van der Waals surface area (Å²) in [6.45, 7) is 3.18. The Hall–Kier alpha value is -3.26. The van der Waals surface area contributed by atoms with E-state index in [1.807, 2.05) is 34.8 Å². The first-order chi connectivity index (χ1) is 15.6. The second-order valence-electron chi connectivity index (χ2n) is 8.05. The summed E-state index contributed by atoms with van der Waals surface area (Å²) in [5, 5.41) is 7.50. The van der Waals surface area contributed by atoms with Crippen LogP contribution in [0.4, 0.5) is 11.5 Å². The molecule has 2 fully saturated rings. The van der Waals surface area contributed by atoms with Gasteiger partial charge < -0.3 is 14.5 Å². The molecule has 0 radical (unpaired) electrons. The fraction of sp³-hybridized carbons (Fsp3) is 0.348. The lowest BCUT2D eigenvalue weighted by Gasteiger charge is -2.38. The van der Waals surface area contributed by atoms with E-state index < -0.39 is 5.92 Å². The molecule has 2 aliphatic rings. The highest BCUT2D eigenvalue weighted by Gasteiger charge is 2.31. The molecule has 2 aliphatic heterocycles. The fourth-order valence-corrected chi connectivity index (χ4v) is 4.97. The van der Waals surface area contributed by atoms with E-state index >= 15 is 0 Å². The average molecular weight is 454 g/mol. The molecule has 166 valence electrons. The largest absolute Gasteiger partial charge is 0.493 e. The second-order valence-corrected chi connectivity index (χ2v) is 8.43. The molecular formula is C23H24ClN5O3. The normalized spacial score (nSPS) is 19.4. The fourth-order valence-electron chi connectivity index (χ4n) is 4.59. The number of amides is 2. The number of pyridine rings is 1. The number of anilines is 2. The van der Waals surface area contributed by atoms with Crippen LogP contribution >= 0.6 is 11.6 Å². The Morgan fingerprint density at radius 1 is 1.06 bits per heavy atom. The maximum absolute atomic E-state index is 12.3. The second kappa shape index (κ2) is 8.35. The highest BCUT2D eigenvalue weighted by Crippen LogP contribution is 2.37.